The van der Waals surface area contributed by atoms with Crippen molar-refractivity contribution in [3.63, 3.8) is 0 Å². The number of likely N-dealkylation sites (tertiary alicyclic amines) is 2. The van der Waals surface area contributed by atoms with Crippen LogP contribution >= 0.6 is 0 Å². The summed E-state index contributed by atoms with van der Waals surface area (Å²) in [5.41, 5.74) is 1.06. The molecular weight excluding hydrogens is 348 g/mol. The van der Waals surface area contributed by atoms with Crippen molar-refractivity contribution in [1.82, 2.24) is 20.1 Å². The highest BCUT2D eigenvalue weighted by Crippen LogP contribution is 2.24. The Labute approximate surface area is 170 Å². The van der Waals surface area contributed by atoms with Gasteiger partial charge >= 0.3 is 0 Å². The molecule has 2 aliphatic rings. The van der Waals surface area contributed by atoms with Crippen LogP contribution in [0.1, 0.15) is 45.1 Å². The van der Waals surface area contributed by atoms with E-state index in [1.54, 1.807) is 6.20 Å². The fourth-order valence-electron chi connectivity index (χ4n) is 4.34. The quantitative estimate of drug-likeness (QED) is 0.734. The lowest BCUT2D eigenvalue weighted by atomic mass is 9.93. The minimum Gasteiger partial charge on any atom is -0.352 e. The van der Waals surface area contributed by atoms with Crippen LogP contribution in [0.2, 0.25) is 0 Å². The number of hydrogen-bond donors (Lipinski definition) is 1. The van der Waals surface area contributed by atoms with E-state index in [9.17, 15) is 4.79 Å². The van der Waals surface area contributed by atoms with Crippen molar-refractivity contribution in [2.45, 2.75) is 52.1 Å². The maximum Gasteiger partial charge on any atom is 0.224 e. The number of nitrogens with zero attached hydrogens (tertiary/aromatic N) is 3. The number of rotatable bonds is 7. The van der Waals surface area contributed by atoms with E-state index in [0.29, 0.717) is 18.5 Å². The van der Waals surface area contributed by atoms with Crippen LogP contribution in [0.25, 0.3) is 0 Å². The predicted octanol–water partition coefficient (Wildman–Crippen LogP) is 3.09. The molecule has 1 unspecified atom stereocenters. The van der Waals surface area contributed by atoms with Crippen LogP contribution in [-0.4, -0.2) is 59.5 Å². The van der Waals surface area contributed by atoms with Gasteiger partial charge in [-0.25, -0.2) is 0 Å². The summed E-state index contributed by atoms with van der Waals surface area (Å²) in [5, 5.41) is 3.11. The van der Waals surface area contributed by atoms with Gasteiger partial charge in [-0.2, -0.15) is 0 Å². The molecule has 2 aliphatic heterocycles. The van der Waals surface area contributed by atoms with Gasteiger partial charge in [-0.3, -0.25) is 19.6 Å². The normalized spacial score (nSPS) is 22.8. The molecule has 2 saturated heterocycles. The summed E-state index contributed by atoms with van der Waals surface area (Å²) in [6, 6.07) is 4.55. The van der Waals surface area contributed by atoms with Crippen molar-refractivity contribution in [2.24, 2.45) is 11.8 Å². The standard InChI is InChI=1S/C23H36N4O/c1-19(2)6-4-12-26-14-9-22(10-15-26)27-13-5-8-21(18-27)23(28)25-17-20-7-3-11-24-16-20/h3-4,6-7,11,16,19,21-22H,5,8-10,12-15,17-18H2,1-2H3,(H,25,28)/b6-4+. The third-order valence-corrected chi connectivity index (χ3v) is 5.97. The van der Waals surface area contributed by atoms with E-state index in [4.69, 9.17) is 0 Å². The summed E-state index contributed by atoms with van der Waals surface area (Å²) in [7, 11) is 0. The number of aromatic nitrogens is 1. The molecule has 0 aliphatic carbocycles. The average molecular weight is 385 g/mol. The Hall–Kier alpha value is -1.72. The highest BCUT2D eigenvalue weighted by Gasteiger charge is 2.31. The number of carbonyl (C=O) groups excluding carboxylic acids is 1. The summed E-state index contributed by atoms with van der Waals surface area (Å²) in [4.78, 5) is 21.9. The summed E-state index contributed by atoms with van der Waals surface area (Å²) >= 11 is 0. The van der Waals surface area contributed by atoms with Crippen LogP contribution in [-0.2, 0) is 11.3 Å². The molecule has 2 fully saturated rings. The summed E-state index contributed by atoms with van der Waals surface area (Å²) < 4.78 is 0. The third kappa shape index (κ3) is 6.42. The van der Waals surface area contributed by atoms with E-state index in [-0.39, 0.29) is 11.8 Å². The molecule has 1 aromatic heterocycles. The van der Waals surface area contributed by atoms with E-state index in [2.05, 4.69) is 46.1 Å². The lowest BCUT2D eigenvalue weighted by molar-refractivity contribution is -0.127. The molecule has 154 valence electrons. The second-order valence-electron chi connectivity index (χ2n) is 8.62. The Balaban J connectivity index is 1.41. The van der Waals surface area contributed by atoms with E-state index in [1.165, 1.54) is 25.9 Å². The Morgan fingerprint density at radius 1 is 1.29 bits per heavy atom. The largest absolute Gasteiger partial charge is 0.352 e. The number of nitrogens with one attached hydrogen (secondary N) is 1. The van der Waals surface area contributed by atoms with Crippen LogP contribution in [0.3, 0.4) is 0 Å². The number of amides is 1. The maximum absolute atomic E-state index is 12.7. The number of carbonyl (C=O) groups is 1. The van der Waals surface area contributed by atoms with Crippen LogP contribution in [0.15, 0.2) is 36.7 Å². The molecular formula is C23H36N4O. The Kier molecular flexibility index (Phi) is 8.04. The first-order valence-corrected chi connectivity index (χ1v) is 10.9. The highest BCUT2D eigenvalue weighted by atomic mass is 16.1. The van der Waals surface area contributed by atoms with Gasteiger partial charge in [0.1, 0.15) is 0 Å². The monoisotopic (exact) mass is 384 g/mol. The van der Waals surface area contributed by atoms with Crippen molar-refractivity contribution in [3.8, 4) is 0 Å². The molecule has 3 rings (SSSR count). The smallest absolute Gasteiger partial charge is 0.224 e. The molecule has 3 heterocycles. The van der Waals surface area contributed by atoms with Crippen LogP contribution in [0.4, 0.5) is 0 Å². The molecule has 0 spiro atoms. The van der Waals surface area contributed by atoms with E-state index < -0.39 is 0 Å². The minimum absolute atomic E-state index is 0.123. The van der Waals surface area contributed by atoms with E-state index in [0.717, 1.165) is 38.0 Å². The van der Waals surface area contributed by atoms with Crippen molar-refractivity contribution in [1.29, 1.82) is 0 Å². The number of hydrogen-bond acceptors (Lipinski definition) is 4. The molecule has 1 atom stereocenters. The van der Waals surface area contributed by atoms with Gasteiger partial charge in [0.15, 0.2) is 0 Å². The van der Waals surface area contributed by atoms with Crippen molar-refractivity contribution < 1.29 is 4.79 Å². The third-order valence-electron chi connectivity index (χ3n) is 5.97. The minimum atomic E-state index is 0.123. The molecule has 5 heteroatoms. The fraction of sp³-hybridized carbons (Fsp3) is 0.652. The summed E-state index contributed by atoms with van der Waals surface area (Å²) in [5.74, 6) is 0.953. The van der Waals surface area contributed by atoms with Crippen LogP contribution in [0, 0.1) is 11.8 Å². The molecule has 0 saturated carbocycles. The predicted molar refractivity (Wildman–Crippen MR) is 114 cm³/mol. The van der Waals surface area contributed by atoms with Crippen molar-refractivity contribution in [2.75, 3.05) is 32.7 Å². The molecule has 0 aromatic carbocycles. The van der Waals surface area contributed by atoms with Gasteiger partial charge in [0.2, 0.25) is 5.91 Å². The molecule has 1 aromatic rings. The van der Waals surface area contributed by atoms with Gasteiger partial charge in [-0.1, -0.05) is 32.1 Å². The second kappa shape index (κ2) is 10.7. The zero-order chi connectivity index (χ0) is 19.8. The zero-order valence-corrected chi connectivity index (χ0v) is 17.5. The Bertz CT molecular complexity index is 623. The Morgan fingerprint density at radius 3 is 2.82 bits per heavy atom. The van der Waals surface area contributed by atoms with Crippen LogP contribution in [0.5, 0.6) is 0 Å². The van der Waals surface area contributed by atoms with Gasteiger partial charge in [0.25, 0.3) is 0 Å². The van der Waals surface area contributed by atoms with Gasteiger partial charge in [0.05, 0.1) is 5.92 Å². The van der Waals surface area contributed by atoms with E-state index >= 15 is 0 Å². The maximum atomic E-state index is 12.7. The molecule has 0 bridgehead atoms. The fourth-order valence-corrected chi connectivity index (χ4v) is 4.34. The second-order valence-corrected chi connectivity index (χ2v) is 8.62. The molecule has 1 N–H and O–H groups in total. The summed E-state index contributed by atoms with van der Waals surface area (Å²) in [6.07, 6.45) is 12.8. The topological polar surface area (TPSA) is 48.5 Å². The Morgan fingerprint density at radius 2 is 2.11 bits per heavy atom. The van der Waals surface area contributed by atoms with Crippen LogP contribution < -0.4 is 5.32 Å². The van der Waals surface area contributed by atoms with Gasteiger partial charge in [0, 0.05) is 38.1 Å². The van der Waals surface area contributed by atoms with Crippen molar-refractivity contribution in [3.05, 3.63) is 42.2 Å². The van der Waals surface area contributed by atoms with Gasteiger partial charge in [-0.15, -0.1) is 0 Å². The molecule has 1 amide bonds. The summed E-state index contributed by atoms with van der Waals surface area (Å²) in [6.45, 7) is 10.5. The number of allylic oxidation sites excluding steroid dienone is 1. The van der Waals surface area contributed by atoms with Gasteiger partial charge < -0.3 is 5.32 Å². The number of piperidine rings is 2. The first-order chi connectivity index (χ1) is 13.6. The van der Waals surface area contributed by atoms with Crippen molar-refractivity contribution >= 4 is 5.91 Å². The number of pyridine rings is 1. The van der Waals surface area contributed by atoms with Gasteiger partial charge in [-0.05, 0) is 62.9 Å². The first-order valence-electron chi connectivity index (χ1n) is 10.9. The molecule has 28 heavy (non-hydrogen) atoms. The first kappa shape index (κ1) is 21.0. The molecule has 5 nitrogen and oxygen atoms in total. The lowest BCUT2D eigenvalue weighted by Crippen LogP contribution is -2.50. The average Bonchev–Trinajstić information content (AvgIpc) is 2.73. The zero-order valence-electron chi connectivity index (χ0n) is 17.5. The lowest BCUT2D eigenvalue weighted by Gasteiger charge is -2.41. The highest BCUT2D eigenvalue weighted by molar-refractivity contribution is 5.78. The SMILES string of the molecule is CC(C)/C=C/CN1CCC(N2CCCC(C(=O)NCc3cccnc3)C2)CC1. The van der Waals surface area contributed by atoms with E-state index in [1.807, 2.05) is 18.3 Å². The molecule has 0 radical (unpaired) electrons.